The van der Waals surface area contributed by atoms with Crippen LogP contribution in [0, 0.1) is 10.1 Å². The van der Waals surface area contributed by atoms with Gasteiger partial charge in [-0.05, 0) is 24.1 Å². The van der Waals surface area contributed by atoms with Gasteiger partial charge in [-0.2, -0.15) is 9.40 Å². The van der Waals surface area contributed by atoms with E-state index in [1.165, 1.54) is 22.5 Å². The van der Waals surface area contributed by atoms with E-state index in [1.807, 2.05) is 30.3 Å². The van der Waals surface area contributed by atoms with E-state index in [9.17, 15) is 18.5 Å². The molecule has 0 atom stereocenters. The lowest BCUT2D eigenvalue weighted by atomic mass is 10.1. The first kappa shape index (κ1) is 19.7. The van der Waals surface area contributed by atoms with Crippen molar-refractivity contribution < 1.29 is 13.3 Å². The smallest absolute Gasteiger partial charge is 0.270 e. The van der Waals surface area contributed by atoms with Crippen molar-refractivity contribution in [3.8, 4) is 0 Å². The van der Waals surface area contributed by atoms with Gasteiger partial charge in [0, 0.05) is 31.9 Å². The van der Waals surface area contributed by atoms with Crippen LogP contribution in [-0.2, 0) is 30.0 Å². The standard InChI is InChI=1S/C19H20N4O4S/c1-21-12-11-17(20-21)15-22(13-10-16-6-3-2-4-7-16)28(26,27)19-9-5-8-18(14-19)23(24)25/h2-9,11-12,14H,10,13,15H2,1H3. The van der Waals surface area contributed by atoms with Crippen LogP contribution in [0.2, 0.25) is 0 Å². The molecule has 0 aliphatic heterocycles. The zero-order chi connectivity index (χ0) is 20.1. The van der Waals surface area contributed by atoms with Gasteiger partial charge < -0.3 is 0 Å². The Kier molecular flexibility index (Phi) is 5.86. The van der Waals surface area contributed by atoms with Crippen molar-refractivity contribution in [2.75, 3.05) is 6.54 Å². The van der Waals surface area contributed by atoms with Gasteiger partial charge in [-0.1, -0.05) is 36.4 Å². The van der Waals surface area contributed by atoms with E-state index in [0.717, 1.165) is 11.6 Å². The van der Waals surface area contributed by atoms with Gasteiger partial charge in [0.2, 0.25) is 10.0 Å². The van der Waals surface area contributed by atoms with Crippen molar-refractivity contribution in [3.05, 3.63) is 88.2 Å². The molecule has 3 rings (SSSR count). The second-order valence-corrected chi connectivity index (χ2v) is 8.25. The molecule has 1 aromatic heterocycles. The SMILES string of the molecule is Cn1ccc(CN(CCc2ccccc2)S(=O)(=O)c2cccc([N+](=O)[O-])c2)n1. The number of nitrogens with zero attached hydrogens (tertiary/aromatic N) is 4. The van der Waals surface area contributed by atoms with E-state index in [1.54, 1.807) is 24.0 Å². The molecule has 28 heavy (non-hydrogen) atoms. The zero-order valence-electron chi connectivity index (χ0n) is 15.3. The summed E-state index contributed by atoms with van der Waals surface area (Å²) in [4.78, 5) is 10.3. The molecule has 0 N–H and O–H groups in total. The topological polar surface area (TPSA) is 98.3 Å². The molecule has 0 saturated heterocycles. The molecule has 0 aliphatic rings. The molecule has 0 aliphatic carbocycles. The van der Waals surface area contributed by atoms with Crippen molar-refractivity contribution in [3.63, 3.8) is 0 Å². The number of hydrogen-bond acceptors (Lipinski definition) is 5. The minimum atomic E-state index is -3.94. The molecule has 9 heteroatoms. The van der Waals surface area contributed by atoms with Crippen LogP contribution in [0.15, 0.2) is 71.8 Å². The lowest BCUT2D eigenvalue weighted by Gasteiger charge is -2.21. The van der Waals surface area contributed by atoms with Crippen LogP contribution >= 0.6 is 0 Å². The monoisotopic (exact) mass is 400 g/mol. The number of nitro benzene ring substituents is 1. The van der Waals surface area contributed by atoms with Gasteiger partial charge in [0.1, 0.15) is 0 Å². The number of benzene rings is 2. The predicted octanol–water partition coefficient (Wildman–Crippen LogP) is 2.76. The minimum absolute atomic E-state index is 0.0820. The molecule has 0 fully saturated rings. The van der Waals surface area contributed by atoms with Crippen molar-refractivity contribution in [1.29, 1.82) is 0 Å². The molecule has 3 aromatic rings. The average molecular weight is 400 g/mol. The maximum atomic E-state index is 13.2. The van der Waals surface area contributed by atoms with Crippen LogP contribution in [0.25, 0.3) is 0 Å². The van der Waals surface area contributed by atoms with E-state index in [2.05, 4.69) is 5.10 Å². The molecule has 0 spiro atoms. The third kappa shape index (κ3) is 4.62. The quantitative estimate of drug-likeness (QED) is 0.428. The van der Waals surface area contributed by atoms with Crippen molar-refractivity contribution in [2.24, 2.45) is 7.05 Å². The summed E-state index contributed by atoms with van der Waals surface area (Å²) in [5, 5.41) is 15.3. The van der Waals surface area contributed by atoms with Crippen molar-refractivity contribution >= 4 is 15.7 Å². The summed E-state index contributed by atoms with van der Waals surface area (Å²) in [5.74, 6) is 0. The first-order chi connectivity index (χ1) is 13.4. The Labute approximate surface area is 163 Å². The van der Waals surface area contributed by atoms with Crippen LogP contribution in [0.4, 0.5) is 5.69 Å². The number of aryl methyl sites for hydroxylation is 1. The molecular formula is C19H20N4O4S. The Morgan fingerprint density at radius 2 is 1.86 bits per heavy atom. The highest BCUT2D eigenvalue weighted by molar-refractivity contribution is 7.89. The highest BCUT2D eigenvalue weighted by Gasteiger charge is 2.26. The Bertz CT molecular complexity index is 1060. The van der Waals surface area contributed by atoms with Gasteiger partial charge >= 0.3 is 0 Å². The molecule has 2 aromatic carbocycles. The van der Waals surface area contributed by atoms with Crippen LogP contribution in [-0.4, -0.2) is 34.0 Å². The number of nitro groups is 1. The van der Waals surface area contributed by atoms with E-state index in [-0.39, 0.29) is 23.7 Å². The normalized spacial score (nSPS) is 11.6. The van der Waals surface area contributed by atoms with Crippen molar-refractivity contribution in [1.82, 2.24) is 14.1 Å². The Hall–Kier alpha value is -3.04. The molecule has 0 bridgehead atoms. The molecule has 0 radical (unpaired) electrons. The Morgan fingerprint density at radius 1 is 1.11 bits per heavy atom. The number of hydrogen-bond donors (Lipinski definition) is 0. The maximum Gasteiger partial charge on any atom is 0.270 e. The fourth-order valence-electron chi connectivity index (χ4n) is 2.82. The highest BCUT2D eigenvalue weighted by atomic mass is 32.2. The second kappa shape index (κ2) is 8.32. The van der Waals surface area contributed by atoms with E-state index in [0.29, 0.717) is 12.1 Å². The third-order valence-corrected chi connectivity index (χ3v) is 6.11. The summed E-state index contributed by atoms with van der Waals surface area (Å²) in [7, 11) is -2.18. The first-order valence-electron chi connectivity index (χ1n) is 8.63. The van der Waals surface area contributed by atoms with E-state index in [4.69, 9.17) is 0 Å². The lowest BCUT2D eigenvalue weighted by Crippen LogP contribution is -2.32. The lowest BCUT2D eigenvalue weighted by molar-refractivity contribution is -0.385. The third-order valence-electron chi connectivity index (χ3n) is 4.27. The maximum absolute atomic E-state index is 13.2. The number of sulfonamides is 1. The van der Waals surface area contributed by atoms with Gasteiger partial charge in [-0.25, -0.2) is 8.42 Å². The van der Waals surface area contributed by atoms with E-state index < -0.39 is 14.9 Å². The zero-order valence-corrected chi connectivity index (χ0v) is 16.1. The van der Waals surface area contributed by atoms with Crippen LogP contribution < -0.4 is 0 Å². The molecular weight excluding hydrogens is 380 g/mol. The number of non-ortho nitro benzene ring substituents is 1. The summed E-state index contributed by atoms with van der Waals surface area (Å²) in [6, 6.07) is 16.4. The van der Waals surface area contributed by atoms with Crippen LogP contribution in [0.3, 0.4) is 0 Å². The predicted molar refractivity (Wildman–Crippen MR) is 104 cm³/mol. The summed E-state index contributed by atoms with van der Waals surface area (Å²) >= 11 is 0. The van der Waals surface area contributed by atoms with Gasteiger partial charge in [0.25, 0.3) is 5.69 Å². The average Bonchev–Trinajstić information content (AvgIpc) is 3.10. The largest absolute Gasteiger partial charge is 0.276 e. The highest BCUT2D eigenvalue weighted by Crippen LogP contribution is 2.22. The molecule has 1 heterocycles. The minimum Gasteiger partial charge on any atom is -0.276 e. The molecule has 0 amide bonds. The van der Waals surface area contributed by atoms with Gasteiger partial charge in [-0.3, -0.25) is 14.8 Å². The summed E-state index contributed by atoms with van der Waals surface area (Å²) in [6.07, 6.45) is 2.26. The Morgan fingerprint density at radius 3 is 2.50 bits per heavy atom. The molecule has 0 saturated carbocycles. The van der Waals surface area contributed by atoms with Gasteiger partial charge in [0.15, 0.2) is 0 Å². The molecule has 146 valence electrons. The van der Waals surface area contributed by atoms with Crippen LogP contribution in [0.1, 0.15) is 11.3 Å². The first-order valence-corrected chi connectivity index (χ1v) is 10.1. The summed E-state index contributed by atoms with van der Waals surface area (Å²) in [6.45, 7) is 0.310. The Balaban J connectivity index is 1.91. The van der Waals surface area contributed by atoms with Crippen molar-refractivity contribution in [2.45, 2.75) is 17.9 Å². The summed E-state index contributed by atoms with van der Waals surface area (Å²) in [5.41, 5.74) is 1.34. The fourth-order valence-corrected chi connectivity index (χ4v) is 4.27. The fraction of sp³-hybridized carbons (Fsp3) is 0.211. The van der Waals surface area contributed by atoms with Gasteiger partial charge in [-0.15, -0.1) is 0 Å². The number of rotatable bonds is 8. The summed E-state index contributed by atoms with van der Waals surface area (Å²) < 4.78 is 29.3. The molecule has 8 nitrogen and oxygen atoms in total. The van der Waals surface area contributed by atoms with E-state index >= 15 is 0 Å². The van der Waals surface area contributed by atoms with Crippen LogP contribution in [0.5, 0.6) is 0 Å². The number of aromatic nitrogens is 2. The second-order valence-electron chi connectivity index (χ2n) is 6.31. The molecule has 0 unspecified atom stereocenters. The van der Waals surface area contributed by atoms with Gasteiger partial charge in [0.05, 0.1) is 22.1 Å².